The second-order valence-electron chi connectivity index (χ2n) is 6.68. The van der Waals surface area contributed by atoms with Crippen molar-refractivity contribution < 1.29 is 19.1 Å². The Bertz CT molecular complexity index is 593. The molecule has 0 radical (unpaired) electrons. The molecule has 7 nitrogen and oxygen atoms in total. The minimum absolute atomic E-state index is 0.0622. The minimum atomic E-state index is -0.523. The molecule has 1 saturated heterocycles. The molecule has 1 aliphatic heterocycles. The van der Waals surface area contributed by atoms with E-state index in [1.807, 2.05) is 20.8 Å². The van der Waals surface area contributed by atoms with Crippen molar-refractivity contribution in [2.24, 2.45) is 0 Å². The molecule has 0 aliphatic carbocycles. The number of hydrogen-bond donors (Lipinski definition) is 1. The van der Waals surface area contributed by atoms with E-state index in [-0.39, 0.29) is 18.9 Å². The highest BCUT2D eigenvalue weighted by Gasteiger charge is 2.27. The van der Waals surface area contributed by atoms with Gasteiger partial charge in [-0.05, 0) is 45.0 Å². The number of amides is 3. The normalized spacial score (nSPS) is 14.9. The first-order chi connectivity index (χ1) is 11.7. The van der Waals surface area contributed by atoms with E-state index in [4.69, 9.17) is 21.1 Å². The van der Waals surface area contributed by atoms with Gasteiger partial charge in [-0.2, -0.15) is 0 Å². The smallest absolute Gasteiger partial charge is 0.410 e. The van der Waals surface area contributed by atoms with Crippen LogP contribution in [-0.4, -0.2) is 60.4 Å². The molecule has 1 fully saturated rings. The van der Waals surface area contributed by atoms with Gasteiger partial charge in [0, 0.05) is 31.2 Å². The molecule has 0 aromatic heterocycles. The molecule has 0 bridgehead atoms. The molecule has 1 aromatic carbocycles. The first-order valence-electron chi connectivity index (χ1n) is 8.14. The Morgan fingerprint density at radius 2 is 1.64 bits per heavy atom. The zero-order valence-electron chi connectivity index (χ0n) is 14.8. The van der Waals surface area contributed by atoms with E-state index in [2.05, 4.69) is 5.32 Å². The molecule has 138 valence electrons. The molecular formula is C17H24ClN3O4. The third-order valence-electron chi connectivity index (χ3n) is 3.49. The van der Waals surface area contributed by atoms with E-state index >= 15 is 0 Å². The molecule has 0 unspecified atom stereocenters. The summed E-state index contributed by atoms with van der Waals surface area (Å²) in [5.41, 5.74) is -0.523. The van der Waals surface area contributed by atoms with Crippen molar-refractivity contribution in [1.29, 1.82) is 0 Å². The number of rotatable bonds is 3. The molecule has 0 spiro atoms. The molecule has 8 heteroatoms. The van der Waals surface area contributed by atoms with Crippen molar-refractivity contribution >= 4 is 23.7 Å². The van der Waals surface area contributed by atoms with Gasteiger partial charge in [-0.15, -0.1) is 0 Å². The van der Waals surface area contributed by atoms with Crippen LogP contribution in [0.25, 0.3) is 0 Å². The van der Waals surface area contributed by atoms with Crippen LogP contribution in [-0.2, 0) is 4.74 Å². The van der Waals surface area contributed by atoms with Gasteiger partial charge in [-0.3, -0.25) is 0 Å². The first-order valence-corrected chi connectivity index (χ1v) is 8.51. The number of carbonyl (C=O) groups excluding carboxylic acids is 2. The fourth-order valence-electron chi connectivity index (χ4n) is 2.24. The molecule has 0 atom stereocenters. The highest BCUT2D eigenvalue weighted by Crippen LogP contribution is 2.15. The topological polar surface area (TPSA) is 71.1 Å². The third kappa shape index (κ3) is 6.34. The summed E-state index contributed by atoms with van der Waals surface area (Å²) in [6, 6.07) is 6.67. The van der Waals surface area contributed by atoms with Crippen molar-refractivity contribution in [3.63, 3.8) is 0 Å². The number of urea groups is 1. The quantitative estimate of drug-likeness (QED) is 0.831. The van der Waals surface area contributed by atoms with Gasteiger partial charge in [0.25, 0.3) is 0 Å². The molecular weight excluding hydrogens is 346 g/mol. The van der Waals surface area contributed by atoms with Crippen LogP contribution in [0.1, 0.15) is 20.8 Å². The van der Waals surface area contributed by atoms with Crippen LogP contribution in [0.15, 0.2) is 24.3 Å². The Labute approximate surface area is 152 Å². The number of ether oxygens (including phenoxy) is 2. The number of halogens is 1. The van der Waals surface area contributed by atoms with Gasteiger partial charge >= 0.3 is 12.1 Å². The van der Waals surface area contributed by atoms with Crippen LogP contribution in [0, 0.1) is 0 Å². The number of hydrogen-bond acceptors (Lipinski definition) is 4. The van der Waals surface area contributed by atoms with Crippen LogP contribution in [0.3, 0.4) is 0 Å². The number of carbonyl (C=O) groups is 2. The van der Waals surface area contributed by atoms with Gasteiger partial charge in [0.05, 0.1) is 0 Å². The zero-order chi connectivity index (χ0) is 18.4. The molecule has 1 heterocycles. The fourth-order valence-corrected chi connectivity index (χ4v) is 2.37. The molecule has 0 saturated carbocycles. The Balaban J connectivity index is 1.70. The molecule has 2 rings (SSSR count). The lowest BCUT2D eigenvalue weighted by atomic mass is 10.2. The predicted molar refractivity (Wildman–Crippen MR) is 94.9 cm³/mol. The number of nitrogens with one attached hydrogen (secondary N) is 1. The molecule has 25 heavy (non-hydrogen) atoms. The van der Waals surface area contributed by atoms with E-state index in [0.29, 0.717) is 37.0 Å². The average molecular weight is 370 g/mol. The van der Waals surface area contributed by atoms with Crippen LogP contribution in [0.4, 0.5) is 9.59 Å². The maximum absolute atomic E-state index is 12.1. The minimum Gasteiger partial charge on any atom is -0.473 e. The summed E-state index contributed by atoms with van der Waals surface area (Å²) in [6.45, 7) is 7.34. The average Bonchev–Trinajstić information content (AvgIpc) is 2.55. The van der Waals surface area contributed by atoms with Crippen molar-refractivity contribution in [2.45, 2.75) is 26.4 Å². The fraction of sp³-hybridized carbons (Fsp3) is 0.529. The van der Waals surface area contributed by atoms with Gasteiger partial charge in [-0.25, -0.2) is 9.59 Å². The second kappa shape index (κ2) is 8.29. The largest absolute Gasteiger partial charge is 0.473 e. The third-order valence-corrected chi connectivity index (χ3v) is 3.75. The van der Waals surface area contributed by atoms with E-state index in [1.165, 1.54) is 0 Å². The van der Waals surface area contributed by atoms with Crippen LogP contribution in [0.2, 0.25) is 5.02 Å². The van der Waals surface area contributed by atoms with Gasteiger partial charge in [0.2, 0.25) is 0 Å². The second-order valence-corrected chi connectivity index (χ2v) is 7.12. The van der Waals surface area contributed by atoms with Crippen LogP contribution < -0.4 is 10.1 Å². The monoisotopic (exact) mass is 369 g/mol. The Morgan fingerprint density at radius 3 is 2.20 bits per heavy atom. The van der Waals surface area contributed by atoms with Gasteiger partial charge in [0.15, 0.2) is 6.73 Å². The Hall–Kier alpha value is -2.15. The standard InChI is InChI=1S/C17H24ClN3O4/c1-17(2,3)25-16(23)21-10-8-20(9-11-21)15(22)19-12-24-14-6-4-13(18)5-7-14/h4-7H,8-12H2,1-3H3,(H,19,22). The van der Waals surface area contributed by atoms with Crippen molar-refractivity contribution in [1.82, 2.24) is 15.1 Å². The van der Waals surface area contributed by atoms with Gasteiger partial charge in [0.1, 0.15) is 11.4 Å². The SMILES string of the molecule is CC(C)(C)OC(=O)N1CCN(C(=O)NCOc2ccc(Cl)cc2)CC1. The van der Waals surface area contributed by atoms with E-state index in [1.54, 1.807) is 34.1 Å². The van der Waals surface area contributed by atoms with E-state index in [9.17, 15) is 9.59 Å². The summed E-state index contributed by atoms with van der Waals surface area (Å²) < 4.78 is 10.8. The number of benzene rings is 1. The van der Waals surface area contributed by atoms with E-state index in [0.717, 1.165) is 0 Å². The summed E-state index contributed by atoms with van der Waals surface area (Å²) in [5.74, 6) is 0.624. The number of piperazine rings is 1. The Kier molecular flexibility index (Phi) is 6.36. The maximum atomic E-state index is 12.1. The lowest BCUT2D eigenvalue weighted by Crippen LogP contribution is -2.54. The van der Waals surface area contributed by atoms with Crippen molar-refractivity contribution in [3.05, 3.63) is 29.3 Å². The summed E-state index contributed by atoms with van der Waals surface area (Å²) in [7, 11) is 0. The highest BCUT2D eigenvalue weighted by molar-refractivity contribution is 6.30. The van der Waals surface area contributed by atoms with Crippen molar-refractivity contribution in [3.8, 4) is 5.75 Å². The lowest BCUT2D eigenvalue weighted by Gasteiger charge is -2.35. The summed E-state index contributed by atoms with van der Waals surface area (Å²) >= 11 is 5.80. The van der Waals surface area contributed by atoms with Crippen LogP contribution in [0.5, 0.6) is 5.75 Å². The number of nitrogens with zero attached hydrogens (tertiary/aromatic N) is 2. The maximum Gasteiger partial charge on any atom is 0.410 e. The Morgan fingerprint density at radius 1 is 1.08 bits per heavy atom. The lowest BCUT2D eigenvalue weighted by molar-refractivity contribution is 0.0168. The van der Waals surface area contributed by atoms with Crippen LogP contribution >= 0.6 is 11.6 Å². The molecule has 1 aliphatic rings. The predicted octanol–water partition coefficient (Wildman–Crippen LogP) is 2.94. The summed E-state index contributed by atoms with van der Waals surface area (Å²) in [4.78, 5) is 27.4. The molecule has 1 N–H and O–H groups in total. The highest BCUT2D eigenvalue weighted by atomic mass is 35.5. The first kappa shape index (κ1) is 19.2. The summed E-state index contributed by atoms with van der Waals surface area (Å²) in [6.07, 6.45) is -0.348. The molecule has 1 aromatic rings. The van der Waals surface area contributed by atoms with Gasteiger partial charge < -0.3 is 24.6 Å². The van der Waals surface area contributed by atoms with Gasteiger partial charge in [-0.1, -0.05) is 11.6 Å². The summed E-state index contributed by atoms with van der Waals surface area (Å²) in [5, 5.41) is 3.32. The zero-order valence-corrected chi connectivity index (χ0v) is 15.5. The van der Waals surface area contributed by atoms with Crippen molar-refractivity contribution in [2.75, 3.05) is 32.9 Å². The molecule has 3 amide bonds. The van der Waals surface area contributed by atoms with E-state index < -0.39 is 5.60 Å².